The van der Waals surface area contributed by atoms with Crippen LogP contribution in [0.3, 0.4) is 0 Å². The highest BCUT2D eigenvalue weighted by molar-refractivity contribution is 7.13. The summed E-state index contributed by atoms with van der Waals surface area (Å²) < 4.78 is 5.37. The summed E-state index contributed by atoms with van der Waals surface area (Å²) in [5, 5.41) is 2.47. The van der Waals surface area contributed by atoms with Crippen LogP contribution < -0.4 is 9.64 Å². The molecule has 3 aromatic rings. The van der Waals surface area contributed by atoms with E-state index in [1.165, 1.54) is 11.3 Å². The number of hydrogen-bond acceptors (Lipinski definition) is 7. The van der Waals surface area contributed by atoms with E-state index in [1.807, 2.05) is 0 Å². The molecular formula is C19H16N4O3S. The van der Waals surface area contributed by atoms with E-state index in [0.717, 1.165) is 18.7 Å². The summed E-state index contributed by atoms with van der Waals surface area (Å²) in [6.45, 7) is 0.731. The first-order chi connectivity index (χ1) is 13.2. The van der Waals surface area contributed by atoms with Crippen molar-refractivity contribution in [3.8, 4) is 16.6 Å². The molecule has 0 aliphatic carbocycles. The van der Waals surface area contributed by atoms with Crippen LogP contribution in [-0.2, 0) is 16.0 Å². The van der Waals surface area contributed by atoms with Gasteiger partial charge in [0.2, 0.25) is 5.91 Å². The molecule has 1 saturated heterocycles. The van der Waals surface area contributed by atoms with Crippen molar-refractivity contribution in [1.82, 2.24) is 15.0 Å². The predicted molar refractivity (Wildman–Crippen MR) is 101 cm³/mol. The molecule has 0 unspecified atom stereocenters. The molecule has 2 aromatic heterocycles. The van der Waals surface area contributed by atoms with Crippen LogP contribution in [-0.4, -0.2) is 33.4 Å². The number of amides is 1. The fourth-order valence-corrected chi connectivity index (χ4v) is 3.60. The van der Waals surface area contributed by atoms with Crippen LogP contribution in [0.4, 0.5) is 5.69 Å². The van der Waals surface area contributed by atoms with Gasteiger partial charge >= 0.3 is 5.97 Å². The highest BCUT2D eigenvalue weighted by Crippen LogP contribution is 2.24. The summed E-state index contributed by atoms with van der Waals surface area (Å²) in [4.78, 5) is 38.4. The van der Waals surface area contributed by atoms with E-state index in [0.29, 0.717) is 28.7 Å². The minimum Gasteiger partial charge on any atom is -0.426 e. The fraction of sp³-hybridized carbons (Fsp3) is 0.211. The number of benzene rings is 1. The lowest BCUT2D eigenvalue weighted by Gasteiger charge is -2.15. The highest BCUT2D eigenvalue weighted by atomic mass is 32.1. The average Bonchev–Trinajstić information content (AvgIpc) is 3.32. The van der Waals surface area contributed by atoms with E-state index in [-0.39, 0.29) is 12.3 Å². The molecule has 3 heterocycles. The minimum atomic E-state index is -0.397. The maximum Gasteiger partial charge on any atom is 0.317 e. The van der Waals surface area contributed by atoms with Gasteiger partial charge in [0.25, 0.3) is 0 Å². The van der Waals surface area contributed by atoms with Crippen molar-refractivity contribution in [3.63, 3.8) is 0 Å². The van der Waals surface area contributed by atoms with Crippen molar-refractivity contribution >= 4 is 28.9 Å². The standard InChI is InChI=1S/C19H16N4O3S/c24-16-3-1-10-23(16)14-4-6-15(7-5-14)26-17(25)11-13-12-27-19(22-13)18-20-8-2-9-21-18/h2,4-9,12H,1,3,10-11H2. The number of rotatable bonds is 5. The lowest BCUT2D eigenvalue weighted by atomic mass is 10.2. The summed E-state index contributed by atoms with van der Waals surface area (Å²) in [5.41, 5.74) is 1.44. The van der Waals surface area contributed by atoms with Gasteiger partial charge in [-0.05, 0) is 36.8 Å². The smallest absolute Gasteiger partial charge is 0.317 e. The Morgan fingerprint density at radius 2 is 1.96 bits per heavy atom. The second-order valence-corrected chi connectivity index (χ2v) is 6.87. The molecule has 136 valence electrons. The zero-order valence-electron chi connectivity index (χ0n) is 14.4. The quantitative estimate of drug-likeness (QED) is 0.500. The van der Waals surface area contributed by atoms with Gasteiger partial charge in [-0.1, -0.05) is 0 Å². The third kappa shape index (κ3) is 4.01. The SMILES string of the molecule is O=C(Cc1csc(-c2ncccn2)n1)Oc1ccc(N2CCCC2=O)cc1. The molecule has 8 heteroatoms. The maximum atomic E-state index is 12.2. The number of thiazole rings is 1. The number of anilines is 1. The van der Waals surface area contributed by atoms with Crippen molar-refractivity contribution in [2.75, 3.05) is 11.4 Å². The van der Waals surface area contributed by atoms with E-state index in [4.69, 9.17) is 4.74 Å². The summed E-state index contributed by atoms with van der Waals surface area (Å²) in [6.07, 6.45) is 4.82. The largest absolute Gasteiger partial charge is 0.426 e. The second-order valence-electron chi connectivity index (χ2n) is 6.01. The van der Waals surface area contributed by atoms with Gasteiger partial charge in [-0.25, -0.2) is 15.0 Å². The van der Waals surface area contributed by atoms with Crippen molar-refractivity contribution < 1.29 is 14.3 Å². The van der Waals surface area contributed by atoms with Crippen molar-refractivity contribution in [2.45, 2.75) is 19.3 Å². The van der Waals surface area contributed by atoms with Crippen LogP contribution in [0.2, 0.25) is 0 Å². The number of ether oxygens (including phenoxy) is 1. The van der Waals surface area contributed by atoms with E-state index >= 15 is 0 Å². The van der Waals surface area contributed by atoms with Gasteiger partial charge in [0, 0.05) is 36.4 Å². The number of hydrogen-bond donors (Lipinski definition) is 0. The van der Waals surface area contributed by atoms with Crippen LogP contribution in [0, 0.1) is 0 Å². The van der Waals surface area contributed by atoms with Crippen LogP contribution in [0.5, 0.6) is 5.75 Å². The number of carbonyl (C=O) groups excluding carboxylic acids is 2. The summed E-state index contributed by atoms with van der Waals surface area (Å²) >= 11 is 1.39. The molecule has 0 bridgehead atoms. The van der Waals surface area contributed by atoms with Gasteiger partial charge in [0.1, 0.15) is 5.75 Å². The molecule has 27 heavy (non-hydrogen) atoms. The van der Waals surface area contributed by atoms with Crippen LogP contribution in [0.1, 0.15) is 18.5 Å². The molecule has 1 aromatic carbocycles. The Morgan fingerprint density at radius 1 is 1.19 bits per heavy atom. The minimum absolute atomic E-state index is 0.0652. The fourth-order valence-electron chi connectivity index (χ4n) is 2.83. The van der Waals surface area contributed by atoms with Crippen molar-refractivity contribution in [1.29, 1.82) is 0 Å². The van der Waals surface area contributed by atoms with Gasteiger partial charge in [0.05, 0.1) is 12.1 Å². The molecular weight excluding hydrogens is 364 g/mol. The van der Waals surface area contributed by atoms with Crippen molar-refractivity contribution in [3.05, 3.63) is 53.8 Å². The van der Waals surface area contributed by atoms with Gasteiger partial charge in [-0.15, -0.1) is 11.3 Å². The Labute approximate surface area is 159 Å². The first-order valence-electron chi connectivity index (χ1n) is 8.52. The molecule has 1 amide bonds. The van der Waals surface area contributed by atoms with Crippen LogP contribution in [0.15, 0.2) is 48.1 Å². The average molecular weight is 380 g/mol. The van der Waals surface area contributed by atoms with Gasteiger partial charge in [-0.2, -0.15) is 0 Å². The number of aromatic nitrogens is 3. The van der Waals surface area contributed by atoms with Crippen LogP contribution in [0.25, 0.3) is 10.8 Å². The van der Waals surface area contributed by atoms with Gasteiger partial charge < -0.3 is 9.64 Å². The summed E-state index contributed by atoms with van der Waals surface area (Å²) in [6, 6.07) is 8.71. The highest BCUT2D eigenvalue weighted by Gasteiger charge is 2.21. The van der Waals surface area contributed by atoms with Crippen LogP contribution >= 0.6 is 11.3 Å². The molecule has 1 aliphatic heterocycles. The Hall–Kier alpha value is -3.13. The molecule has 0 atom stereocenters. The Balaban J connectivity index is 1.37. The first kappa shape index (κ1) is 17.3. The molecule has 0 radical (unpaired) electrons. The third-order valence-electron chi connectivity index (χ3n) is 4.09. The Kier molecular flexibility index (Phi) is 4.88. The number of esters is 1. The van der Waals surface area contributed by atoms with E-state index in [1.54, 1.807) is 53.0 Å². The third-order valence-corrected chi connectivity index (χ3v) is 4.97. The zero-order valence-corrected chi connectivity index (χ0v) is 15.2. The maximum absolute atomic E-state index is 12.2. The molecule has 4 rings (SSSR count). The Morgan fingerprint density at radius 3 is 2.67 bits per heavy atom. The van der Waals surface area contributed by atoms with E-state index in [9.17, 15) is 9.59 Å². The monoisotopic (exact) mass is 380 g/mol. The second kappa shape index (κ2) is 7.63. The zero-order chi connectivity index (χ0) is 18.6. The van der Waals surface area contributed by atoms with Crippen molar-refractivity contribution in [2.24, 2.45) is 0 Å². The molecule has 1 aliphatic rings. The molecule has 7 nitrogen and oxygen atoms in total. The van der Waals surface area contributed by atoms with Gasteiger partial charge in [-0.3, -0.25) is 9.59 Å². The van der Waals surface area contributed by atoms with Gasteiger partial charge in [0.15, 0.2) is 10.8 Å². The normalized spacial score (nSPS) is 13.8. The topological polar surface area (TPSA) is 85.3 Å². The molecule has 0 N–H and O–H groups in total. The summed E-state index contributed by atoms with van der Waals surface area (Å²) in [7, 11) is 0. The number of carbonyl (C=O) groups is 2. The molecule has 0 spiro atoms. The Bertz CT molecular complexity index is 957. The van der Waals surface area contributed by atoms with E-state index in [2.05, 4.69) is 15.0 Å². The van der Waals surface area contributed by atoms with E-state index < -0.39 is 5.97 Å². The number of nitrogens with zero attached hydrogens (tertiary/aromatic N) is 4. The summed E-state index contributed by atoms with van der Waals surface area (Å²) in [5.74, 6) is 0.707. The predicted octanol–water partition coefficient (Wildman–Crippen LogP) is 2.88. The first-order valence-corrected chi connectivity index (χ1v) is 9.40. The lowest BCUT2D eigenvalue weighted by Crippen LogP contribution is -2.23. The molecule has 1 fully saturated rings. The molecule has 0 saturated carbocycles. The lowest BCUT2D eigenvalue weighted by molar-refractivity contribution is -0.133.